The molecule has 0 aliphatic carbocycles. The van der Waals surface area contributed by atoms with E-state index in [2.05, 4.69) is 53.8 Å². The Bertz CT molecular complexity index is 1360. The minimum atomic E-state index is -1.45. The van der Waals surface area contributed by atoms with Gasteiger partial charge < -0.3 is 29.7 Å². The number of hydrogen-bond acceptors (Lipinski definition) is 7. The quantitative estimate of drug-likeness (QED) is 0.0455. The first-order valence-corrected chi connectivity index (χ1v) is 25.3. The molecule has 1 aromatic carbocycles. The number of aliphatic hydroxyl groups excluding tert-OH is 2. The van der Waals surface area contributed by atoms with Crippen molar-refractivity contribution in [2.45, 2.75) is 247 Å². The molecule has 8 heteroatoms. The number of esters is 1. The molecule has 0 saturated carbocycles. The monoisotopic (exact) mass is 858 g/mol. The summed E-state index contributed by atoms with van der Waals surface area (Å²) in [5, 5.41) is 23.0. The Hall–Kier alpha value is -2.32. The Labute approximate surface area is 374 Å². The van der Waals surface area contributed by atoms with E-state index in [0.717, 1.165) is 90.7 Å². The number of hydrogen-bond donors (Lipinski definition) is 3. The second kappa shape index (κ2) is 30.7. The van der Waals surface area contributed by atoms with Crippen molar-refractivity contribution in [1.82, 2.24) is 5.32 Å². The van der Waals surface area contributed by atoms with Gasteiger partial charge >= 0.3 is 5.97 Å². The van der Waals surface area contributed by atoms with E-state index in [1.165, 1.54) is 122 Å². The summed E-state index contributed by atoms with van der Waals surface area (Å²) in [6, 6.07) is 0. The van der Waals surface area contributed by atoms with Crippen LogP contribution >= 0.6 is 0 Å². The van der Waals surface area contributed by atoms with Crippen molar-refractivity contribution < 1.29 is 34.0 Å². The number of ether oxygens (including phenoxy) is 3. The van der Waals surface area contributed by atoms with Gasteiger partial charge in [0.05, 0.1) is 13.2 Å². The van der Waals surface area contributed by atoms with Gasteiger partial charge in [-0.2, -0.15) is 0 Å². The Morgan fingerprint density at radius 1 is 0.705 bits per heavy atom. The van der Waals surface area contributed by atoms with Crippen LogP contribution in [0.2, 0.25) is 0 Å². The maximum Gasteiger partial charge on any atom is 0.344 e. The molecule has 0 fully saturated rings. The minimum Gasteiger partial charge on any atom is -0.487 e. The van der Waals surface area contributed by atoms with Crippen LogP contribution in [0.25, 0.3) is 0 Å². The Morgan fingerprint density at radius 2 is 1.21 bits per heavy atom. The molecule has 0 spiro atoms. The molecule has 3 N–H and O–H groups in total. The highest BCUT2D eigenvalue weighted by molar-refractivity contribution is 5.77. The minimum absolute atomic E-state index is 0.208. The molecule has 3 unspecified atom stereocenters. The van der Waals surface area contributed by atoms with Gasteiger partial charge in [0.2, 0.25) is 5.91 Å². The summed E-state index contributed by atoms with van der Waals surface area (Å²) < 4.78 is 18.4. The Morgan fingerprint density at radius 3 is 1.74 bits per heavy atom. The predicted octanol–water partition coefficient (Wildman–Crippen LogP) is 13.2. The number of fused-ring (bicyclic) bond motifs is 1. The van der Waals surface area contributed by atoms with E-state index in [1.54, 1.807) is 0 Å². The third-order valence-electron chi connectivity index (χ3n) is 13.7. The zero-order valence-corrected chi connectivity index (χ0v) is 41.1. The van der Waals surface area contributed by atoms with Crippen LogP contribution in [0.1, 0.15) is 231 Å². The number of aliphatic hydroxyl groups is 2. The average Bonchev–Trinajstić information content (AvgIpc) is 3.22. The van der Waals surface area contributed by atoms with E-state index in [9.17, 15) is 19.8 Å². The smallest absolute Gasteiger partial charge is 0.344 e. The molecule has 1 aromatic rings. The van der Waals surface area contributed by atoms with Gasteiger partial charge in [0, 0.05) is 12.0 Å². The van der Waals surface area contributed by atoms with Gasteiger partial charge in [0.15, 0.2) is 6.61 Å². The van der Waals surface area contributed by atoms with Gasteiger partial charge in [-0.05, 0) is 94.2 Å². The second-order valence-corrected chi connectivity index (χ2v) is 20.2. The zero-order valence-electron chi connectivity index (χ0n) is 41.1. The molecule has 8 nitrogen and oxygen atoms in total. The van der Waals surface area contributed by atoms with Crippen LogP contribution in [0.4, 0.5) is 0 Å². The van der Waals surface area contributed by atoms with Crippen molar-refractivity contribution in [1.29, 1.82) is 0 Å². The summed E-state index contributed by atoms with van der Waals surface area (Å²) in [5.74, 6) is 3.09. The number of amides is 1. The van der Waals surface area contributed by atoms with Crippen LogP contribution in [0.3, 0.4) is 0 Å². The number of nitrogens with one attached hydrogen (secondary N) is 1. The first-order valence-electron chi connectivity index (χ1n) is 25.3. The highest BCUT2D eigenvalue weighted by Gasteiger charge is 2.35. The van der Waals surface area contributed by atoms with Crippen molar-refractivity contribution >= 4 is 11.9 Å². The highest BCUT2D eigenvalue weighted by Crippen LogP contribution is 2.45. The standard InChI is InChI=1S/C53H95NO7/c1-10-11-12-13-14-15-16-17-18-19-20-21-22-23-24-33-48(57)54-53(38-55,39-56)40-60-49(58)37-59-50-44(6)45(7)51-47(46(50)8)34-36-52(9,61-51)35-27-32-43(5)31-26-30-42(4)29-25-28-41(2)3/h41-43,55-56H,10-40H2,1-9H3,(H,54,57). The highest BCUT2D eigenvalue weighted by atomic mass is 16.6. The molecule has 354 valence electrons. The predicted molar refractivity (Wildman–Crippen MR) is 254 cm³/mol. The summed E-state index contributed by atoms with van der Waals surface area (Å²) >= 11 is 0. The molecular weight excluding hydrogens is 763 g/mol. The topological polar surface area (TPSA) is 114 Å². The fourth-order valence-corrected chi connectivity index (χ4v) is 9.14. The second-order valence-electron chi connectivity index (χ2n) is 20.2. The zero-order chi connectivity index (χ0) is 45.1. The van der Waals surface area contributed by atoms with Crippen molar-refractivity contribution in [3.05, 3.63) is 22.3 Å². The number of rotatable bonds is 36. The van der Waals surface area contributed by atoms with Crippen molar-refractivity contribution in [2.75, 3.05) is 26.4 Å². The molecule has 1 heterocycles. The number of benzene rings is 1. The van der Waals surface area contributed by atoms with E-state index in [-0.39, 0.29) is 24.7 Å². The third kappa shape index (κ3) is 21.7. The number of carbonyl (C=O) groups is 2. The van der Waals surface area contributed by atoms with Gasteiger partial charge in [0.1, 0.15) is 29.2 Å². The van der Waals surface area contributed by atoms with Crippen molar-refractivity contribution in [3.8, 4) is 11.5 Å². The van der Waals surface area contributed by atoms with Crippen LogP contribution in [0.15, 0.2) is 0 Å². The first kappa shape index (κ1) is 54.8. The lowest BCUT2D eigenvalue weighted by Gasteiger charge is -2.38. The average molecular weight is 858 g/mol. The van der Waals surface area contributed by atoms with Crippen LogP contribution in [0.5, 0.6) is 11.5 Å². The lowest BCUT2D eigenvalue weighted by molar-refractivity contribution is -0.151. The Kier molecular flexibility index (Phi) is 27.6. The van der Waals surface area contributed by atoms with Crippen molar-refractivity contribution in [3.63, 3.8) is 0 Å². The molecule has 61 heavy (non-hydrogen) atoms. The van der Waals surface area contributed by atoms with Crippen LogP contribution in [-0.2, 0) is 20.7 Å². The molecule has 1 amide bonds. The molecule has 1 aliphatic rings. The van der Waals surface area contributed by atoms with Gasteiger partial charge in [-0.1, -0.05) is 169 Å². The molecule has 0 radical (unpaired) electrons. The van der Waals surface area contributed by atoms with Gasteiger partial charge in [-0.25, -0.2) is 4.79 Å². The summed E-state index contributed by atoms with van der Waals surface area (Å²) in [6.07, 6.45) is 32.4. The van der Waals surface area contributed by atoms with Crippen LogP contribution < -0.4 is 14.8 Å². The normalized spacial score (nSPS) is 16.3. The summed E-state index contributed by atoms with van der Waals surface area (Å²) in [6.45, 7) is 18.3. The summed E-state index contributed by atoms with van der Waals surface area (Å²) in [4.78, 5) is 25.7. The molecule has 0 bridgehead atoms. The molecule has 0 aromatic heterocycles. The van der Waals surface area contributed by atoms with E-state index >= 15 is 0 Å². The van der Waals surface area contributed by atoms with Gasteiger partial charge in [0.25, 0.3) is 0 Å². The lowest BCUT2D eigenvalue weighted by Crippen LogP contribution is -2.57. The van der Waals surface area contributed by atoms with Gasteiger partial charge in [-0.15, -0.1) is 0 Å². The van der Waals surface area contributed by atoms with Crippen molar-refractivity contribution in [2.24, 2.45) is 17.8 Å². The summed E-state index contributed by atoms with van der Waals surface area (Å²) in [7, 11) is 0. The van der Waals surface area contributed by atoms with Gasteiger partial charge in [-0.3, -0.25) is 4.79 Å². The van der Waals surface area contributed by atoms with E-state index in [1.807, 2.05) is 13.8 Å². The molecule has 0 saturated heterocycles. The summed E-state index contributed by atoms with van der Waals surface area (Å²) in [5.41, 5.74) is 2.42. The fraction of sp³-hybridized carbons (Fsp3) is 0.849. The molecule has 1 aliphatic heterocycles. The SMILES string of the molecule is CCCCCCCCCCCCCCCCCC(=O)NC(CO)(CO)COC(=O)COc1c(C)c(C)c2c(c1C)CCC(C)(CCCC(C)CCCC(C)CCCC(C)C)O2. The maximum absolute atomic E-state index is 12.9. The largest absolute Gasteiger partial charge is 0.487 e. The third-order valence-corrected chi connectivity index (χ3v) is 13.7. The lowest BCUT2D eigenvalue weighted by atomic mass is 9.83. The molecule has 2 rings (SSSR count). The van der Waals surface area contributed by atoms with Crippen LogP contribution in [0, 0.1) is 38.5 Å². The molecule has 3 atom stereocenters. The van der Waals surface area contributed by atoms with E-state index in [0.29, 0.717) is 12.2 Å². The number of unbranched alkanes of at least 4 members (excludes halogenated alkanes) is 14. The van der Waals surface area contributed by atoms with Crippen LogP contribution in [-0.4, -0.2) is 59.7 Å². The Balaban J connectivity index is 1.73. The fourth-order valence-electron chi connectivity index (χ4n) is 9.14. The maximum atomic E-state index is 12.9. The van der Waals surface area contributed by atoms with E-state index < -0.39 is 24.7 Å². The molecular formula is C53H95NO7. The number of carbonyl (C=O) groups excluding carboxylic acids is 2. The van der Waals surface area contributed by atoms with E-state index in [4.69, 9.17) is 14.2 Å². The first-order chi connectivity index (χ1) is 29.2.